The Morgan fingerprint density at radius 2 is 2.00 bits per heavy atom. The van der Waals surface area contributed by atoms with Crippen LogP contribution in [-0.2, 0) is 4.74 Å². The van der Waals surface area contributed by atoms with Crippen LogP contribution in [0.3, 0.4) is 0 Å². The summed E-state index contributed by atoms with van der Waals surface area (Å²) in [6.45, 7) is 2.25. The zero-order valence-corrected chi connectivity index (χ0v) is 6.49. The van der Waals surface area contributed by atoms with Gasteiger partial charge in [-0.2, -0.15) is 5.26 Å². The molecular weight excluding hydrogens is 140 g/mol. The van der Waals surface area contributed by atoms with E-state index in [9.17, 15) is 0 Å². The van der Waals surface area contributed by atoms with E-state index in [2.05, 4.69) is 11.0 Å². The molecule has 60 valence electrons. The van der Waals surface area contributed by atoms with E-state index in [0.717, 1.165) is 13.2 Å². The van der Waals surface area contributed by atoms with Crippen molar-refractivity contribution in [1.29, 1.82) is 5.26 Å². The molecule has 2 heterocycles. The summed E-state index contributed by atoms with van der Waals surface area (Å²) in [6, 6.07) is 3.28. The van der Waals surface area contributed by atoms with Crippen molar-refractivity contribution in [2.75, 3.05) is 19.8 Å². The molecule has 0 spiro atoms. The van der Waals surface area contributed by atoms with Gasteiger partial charge in [0.25, 0.3) is 0 Å². The fraction of sp³-hybridized carbons (Fsp3) is 0.875. The van der Waals surface area contributed by atoms with Crippen molar-refractivity contribution < 1.29 is 4.74 Å². The van der Waals surface area contributed by atoms with Crippen LogP contribution in [-0.4, -0.2) is 36.7 Å². The number of fused-ring (bicyclic) bond motifs is 2. The molecule has 2 fully saturated rings. The first-order valence-corrected chi connectivity index (χ1v) is 4.12. The minimum absolute atomic E-state index is 0.536. The van der Waals surface area contributed by atoms with Crippen LogP contribution in [0.1, 0.15) is 12.8 Å². The average molecular weight is 152 g/mol. The summed E-state index contributed by atoms with van der Waals surface area (Å²) in [6.07, 6.45) is 2.43. The van der Waals surface area contributed by atoms with E-state index in [-0.39, 0.29) is 0 Å². The highest BCUT2D eigenvalue weighted by atomic mass is 16.5. The van der Waals surface area contributed by atoms with Gasteiger partial charge in [-0.15, -0.1) is 0 Å². The first-order valence-electron chi connectivity index (χ1n) is 4.12. The molecule has 0 saturated carbocycles. The summed E-state index contributed by atoms with van der Waals surface area (Å²) < 4.78 is 5.38. The van der Waals surface area contributed by atoms with Gasteiger partial charge < -0.3 is 4.74 Å². The number of hydrogen-bond donors (Lipinski definition) is 0. The number of nitriles is 1. The van der Waals surface area contributed by atoms with E-state index in [1.54, 1.807) is 0 Å². The summed E-state index contributed by atoms with van der Waals surface area (Å²) in [5.74, 6) is 0. The van der Waals surface area contributed by atoms with E-state index >= 15 is 0 Å². The molecule has 0 radical (unpaired) electrons. The fourth-order valence-corrected chi connectivity index (χ4v) is 2.05. The first kappa shape index (κ1) is 7.08. The summed E-state index contributed by atoms with van der Waals surface area (Å²) >= 11 is 0. The quantitative estimate of drug-likeness (QED) is 0.509. The van der Waals surface area contributed by atoms with Crippen molar-refractivity contribution >= 4 is 0 Å². The van der Waals surface area contributed by atoms with Crippen LogP contribution < -0.4 is 0 Å². The molecule has 2 rings (SSSR count). The van der Waals surface area contributed by atoms with Crippen LogP contribution in [0, 0.1) is 11.3 Å². The molecule has 2 bridgehead atoms. The zero-order chi connectivity index (χ0) is 7.68. The molecule has 11 heavy (non-hydrogen) atoms. The van der Waals surface area contributed by atoms with Crippen LogP contribution in [0.2, 0.25) is 0 Å². The predicted molar refractivity (Wildman–Crippen MR) is 39.9 cm³/mol. The summed E-state index contributed by atoms with van der Waals surface area (Å²) in [4.78, 5) is 2.28. The van der Waals surface area contributed by atoms with Gasteiger partial charge in [0.05, 0.1) is 25.8 Å². The lowest BCUT2D eigenvalue weighted by molar-refractivity contribution is -0.00763. The Morgan fingerprint density at radius 3 is 2.55 bits per heavy atom. The van der Waals surface area contributed by atoms with E-state index in [1.165, 1.54) is 12.8 Å². The van der Waals surface area contributed by atoms with Gasteiger partial charge >= 0.3 is 0 Å². The van der Waals surface area contributed by atoms with E-state index < -0.39 is 0 Å². The molecule has 0 aliphatic carbocycles. The second-order valence-corrected chi connectivity index (χ2v) is 3.25. The number of morpholine rings is 1. The minimum Gasteiger partial charge on any atom is -0.378 e. The highest BCUT2D eigenvalue weighted by Gasteiger charge is 2.36. The maximum Gasteiger partial charge on any atom is 0.0872 e. The Hall–Kier alpha value is -0.590. The normalized spacial score (nSPS) is 37.0. The maximum absolute atomic E-state index is 8.55. The molecule has 0 amide bonds. The van der Waals surface area contributed by atoms with Crippen LogP contribution in [0.25, 0.3) is 0 Å². The third-order valence-corrected chi connectivity index (χ3v) is 2.64. The van der Waals surface area contributed by atoms with Crippen molar-refractivity contribution in [2.45, 2.75) is 24.9 Å². The monoisotopic (exact) mass is 152 g/mol. The third-order valence-electron chi connectivity index (χ3n) is 2.64. The molecule has 0 N–H and O–H groups in total. The lowest BCUT2D eigenvalue weighted by Gasteiger charge is -2.32. The van der Waals surface area contributed by atoms with Crippen LogP contribution in [0.15, 0.2) is 0 Å². The average Bonchev–Trinajstić information content (AvgIpc) is 2.30. The second kappa shape index (κ2) is 2.80. The Morgan fingerprint density at radius 1 is 1.36 bits per heavy atom. The topological polar surface area (TPSA) is 36.3 Å². The second-order valence-electron chi connectivity index (χ2n) is 3.25. The number of hydrogen-bond acceptors (Lipinski definition) is 3. The van der Waals surface area contributed by atoms with Crippen molar-refractivity contribution in [2.24, 2.45) is 0 Å². The van der Waals surface area contributed by atoms with E-state index in [4.69, 9.17) is 10.00 Å². The van der Waals surface area contributed by atoms with Crippen molar-refractivity contribution in [3.05, 3.63) is 0 Å². The molecule has 2 unspecified atom stereocenters. The standard InChI is InChI=1S/C8H12N2O/c9-3-4-10-7-1-2-8(10)6-11-5-7/h7-8H,1-2,4-6H2. The van der Waals surface area contributed by atoms with Crippen molar-refractivity contribution in [3.63, 3.8) is 0 Å². The fourth-order valence-electron chi connectivity index (χ4n) is 2.05. The largest absolute Gasteiger partial charge is 0.378 e. The molecule has 0 aromatic rings. The number of ether oxygens (including phenoxy) is 1. The van der Waals surface area contributed by atoms with Crippen molar-refractivity contribution in [1.82, 2.24) is 4.90 Å². The maximum atomic E-state index is 8.55. The molecule has 3 heteroatoms. The molecule has 2 saturated heterocycles. The molecule has 2 atom stereocenters. The van der Waals surface area contributed by atoms with Gasteiger partial charge in [-0.1, -0.05) is 0 Å². The predicted octanol–water partition coefficient (Wildman–Crippen LogP) is 0.373. The SMILES string of the molecule is N#CCN1C2CCC1COC2. The Kier molecular flexibility index (Phi) is 1.80. The highest BCUT2D eigenvalue weighted by Crippen LogP contribution is 2.27. The van der Waals surface area contributed by atoms with Crippen molar-refractivity contribution in [3.8, 4) is 6.07 Å². The van der Waals surface area contributed by atoms with Crippen LogP contribution in [0.4, 0.5) is 0 Å². The Balaban J connectivity index is 2.04. The van der Waals surface area contributed by atoms with Crippen LogP contribution >= 0.6 is 0 Å². The van der Waals surface area contributed by atoms with Crippen LogP contribution in [0.5, 0.6) is 0 Å². The van der Waals surface area contributed by atoms with Gasteiger partial charge in [0.2, 0.25) is 0 Å². The number of nitrogens with zero attached hydrogens (tertiary/aromatic N) is 2. The summed E-state index contributed by atoms with van der Waals surface area (Å²) in [7, 11) is 0. The molecule has 0 aromatic heterocycles. The molecule has 2 aliphatic heterocycles. The van der Waals surface area contributed by atoms with Gasteiger partial charge in [-0.05, 0) is 12.8 Å². The number of rotatable bonds is 1. The van der Waals surface area contributed by atoms with E-state index in [1.807, 2.05) is 0 Å². The van der Waals surface area contributed by atoms with Gasteiger partial charge in [0.1, 0.15) is 0 Å². The lowest BCUT2D eigenvalue weighted by Crippen LogP contribution is -2.45. The van der Waals surface area contributed by atoms with Gasteiger partial charge in [0.15, 0.2) is 0 Å². The minimum atomic E-state index is 0.536. The third kappa shape index (κ3) is 1.13. The first-order chi connectivity index (χ1) is 5.42. The molecule has 0 aromatic carbocycles. The summed E-state index contributed by atoms with van der Waals surface area (Å²) in [5.41, 5.74) is 0. The van der Waals surface area contributed by atoms with Gasteiger partial charge in [-0.3, -0.25) is 4.90 Å². The van der Waals surface area contributed by atoms with E-state index in [0.29, 0.717) is 18.6 Å². The summed E-state index contributed by atoms with van der Waals surface area (Å²) in [5, 5.41) is 8.55. The zero-order valence-electron chi connectivity index (χ0n) is 6.49. The smallest absolute Gasteiger partial charge is 0.0872 e. The highest BCUT2D eigenvalue weighted by molar-refractivity contribution is 4.94. The van der Waals surface area contributed by atoms with Gasteiger partial charge in [-0.25, -0.2) is 0 Å². The molecule has 2 aliphatic rings. The lowest BCUT2D eigenvalue weighted by atomic mass is 10.2. The Bertz CT molecular complexity index is 171. The molecular formula is C8H12N2O. The Labute approximate surface area is 66.5 Å². The molecule has 3 nitrogen and oxygen atoms in total. The van der Waals surface area contributed by atoms with Gasteiger partial charge in [0, 0.05) is 12.1 Å².